The third-order valence-corrected chi connectivity index (χ3v) is 6.78. The fourth-order valence-corrected chi connectivity index (χ4v) is 5.21. The summed E-state index contributed by atoms with van der Waals surface area (Å²) in [7, 11) is -3.52. The highest BCUT2D eigenvalue weighted by atomic mass is 32.2. The van der Waals surface area contributed by atoms with Crippen molar-refractivity contribution in [2.45, 2.75) is 26.1 Å². The second-order valence-electron chi connectivity index (χ2n) is 7.05. The van der Waals surface area contributed by atoms with Crippen molar-refractivity contribution in [3.05, 3.63) is 42.0 Å². The number of benzene rings is 1. The van der Waals surface area contributed by atoms with E-state index in [1.807, 2.05) is 44.2 Å². The van der Waals surface area contributed by atoms with Gasteiger partial charge in [-0.25, -0.2) is 0 Å². The molecule has 148 valence electrons. The molecule has 0 aliphatic carbocycles. The molecule has 0 saturated carbocycles. The first-order valence-corrected chi connectivity index (χ1v) is 10.7. The van der Waals surface area contributed by atoms with E-state index in [2.05, 4.69) is 0 Å². The molecule has 3 rings (SSSR count). The van der Waals surface area contributed by atoms with Gasteiger partial charge in [0.1, 0.15) is 0 Å². The van der Waals surface area contributed by atoms with Crippen molar-refractivity contribution < 1.29 is 17.9 Å². The molecular weight excluding hydrogens is 366 g/mol. The summed E-state index contributed by atoms with van der Waals surface area (Å²) in [5, 5.41) is 0. The van der Waals surface area contributed by atoms with Gasteiger partial charge in [-0.3, -0.25) is 4.79 Å². The number of hydrogen-bond acceptors (Lipinski definition) is 4. The molecule has 0 bridgehead atoms. The SMILES string of the molecule is CC1CN(S(=O)(=O)N2CCN(C(=O)/C=C/c3ccccc3)CC2)CC(C)O1. The molecule has 0 spiro atoms. The highest BCUT2D eigenvalue weighted by Gasteiger charge is 2.37. The van der Waals surface area contributed by atoms with E-state index in [9.17, 15) is 13.2 Å². The van der Waals surface area contributed by atoms with Gasteiger partial charge in [0.2, 0.25) is 5.91 Å². The fourth-order valence-electron chi connectivity index (χ4n) is 3.46. The van der Waals surface area contributed by atoms with Crippen LogP contribution in [0.25, 0.3) is 6.08 Å². The molecule has 2 heterocycles. The topological polar surface area (TPSA) is 70.2 Å². The van der Waals surface area contributed by atoms with E-state index in [0.29, 0.717) is 39.3 Å². The van der Waals surface area contributed by atoms with Crippen LogP contribution in [0.15, 0.2) is 36.4 Å². The number of amides is 1. The lowest BCUT2D eigenvalue weighted by atomic mass is 10.2. The standard InChI is InChI=1S/C19H27N3O4S/c1-16-14-22(15-17(2)26-16)27(24,25)21-12-10-20(11-13-21)19(23)9-8-18-6-4-3-5-7-18/h3-9,16-17H,10-15H2,1-2H3/b9-8+. The predicted molar refractivity (Wildman–Crippen MR) is 104 cm³/mol. The van der Waals surface area contributed by atoms with Crippen molar-refractivity contribution in [2.24, 2.45) is 0 Å². The number of carbonyl (C=O) groups excluding carboxylic acids is 1. The number of rotatable bonds is 4. The molecule has 2 unspecified atom stereocenters. The summed E-state index contributed by atoms with van der Waals surface area (Å²) in [6.45, 7) is 5.92. The minimum atomic E-state index is -3.52. The molecule has 2 atom stereocenters. The van der Waals surface area contributed by atoms with Gasteiger partial charge in [0, 0.05) is 45.3 Å². The molecule has 0 N–H and O–H groups in total. The van der Waals surface area contributed by atoms with Gasteiger partial charge in [-0.15, -0.1) is 0 Å². The van der Waals surface area contributed by atoms with Crippen molar-refractivity contribution in [1.29, 1.82) is 0 Å². The molecule has 2 aliphatic heterocycles. The molecule has 1 aromatic carbocycles. The Bertz CT molecular complexity index is 763. The molecule has 27 heavy (non-hydrogen) atoms. The predicted octanol–water partition coefficient (Wildman–Crippen LogP) is 1.20. The number of piperazine rings is 1. The second kappa shape index (κ2) is 8.52. The zero-order valence-corrected chi connectivity index (χ0v) is 16.6. The van der Waals surface area contributed by atoms with Crippen molar-refractivity contribution in [3.63, 3.8) is 0 Å². The smallest absolute Gasteiger partial charge is 0.282 e. The van der Waals surface area contributed by atoms with Crippen molar-refractivity contribution in [1.82, 2.24) is 13.5 Å². The Morgan fingerprint density at radius 1 is 1.00 bits per heavy atom. The van der Waals surface area contributed by atoms with E-state index in [-0.39, 0.29) is 18.1 Å². The first kappa shape index (κ1) is 20.0. The quantitative estimate of drug-likeness (QED) is 0.721. The van der Waals surface area contributed by atoms with Crippen LogP contribution in [0, 0.1) is 0 Å². The Morgan fingerprint density at radius 2 is 1.59 bits per heavy atom. The molecule has 0 radical (unpaired) electrons. The summed E-state index contributed by atoms with van der Waals surface area (Å²) in [4.78, 5) is 14.1. The van der Waals surface area contributed by atoms with E-state index in [0.717, 1.165) is 5.56 Å². The molecule has 1 aromatic rings. The van der Waals surface area contributed by atoms with E-state index in [4.69, 9.17) is 4.74 Å². The molecular formula is C19H27N3O4S. The minimum absolute atomic E-state index is 0.0930. The Morgan fingerprint density at radius 3 is 2.19 bits per heavy atom. The lowest BCUT2D eigenvalue weighted by molar-refractivity contribution is -0.127. The minimum Gasteiger partial charge on any atom is -0.373 e. The highest BCUT2D eigenvalue weighted by molar-refractivity contribution is 7.86. The van der Waals surface area contributed by atoms with E-state index in [1.54, 1.807) is 17.1 Å². The normalized spacial score (nSPS) is 25.8. The van der Waals surface area contributed by atoms with Crippen LogP contribution in [0.2, 0.25) is 0 Å². The maximum Gasteiger partial charge on any atom is 0.282 e. The molecule has 2 aliphatic rings. The van der Waals surface area contributed by atoms with Gasteiger partial charge in [-0.05, 0) is 25.5 Å². The number of morpholine rings is 1. The van der Waals surface area contributed by atoms with Gasteiger partial charge in [-0.2, -0.15) is 17.0 Å². The van der Waals surface area contributed by atoms with Gasteiger partial charge in [0.05, 0.1) is 12.2 Å². The van der Waals surface area contributed by atoms with Crippen LogP contribution in [0.4, 0.5) is 0 Å². The molecule has 8 heteroatoms. The van der Waals surface area contributed by atoms with Crippen LogP contribution in [0.1, 0.15) is 19.4 Å². The van der Waals surface area contributed by atoms with Gasteiger partial charge >= 0.3 is 0 Å². The molecule has 7 nitrogen and oxygen atoms in total. The van der Waals surface area contributed by atoms with Crippen molar-refractivity contribution in [3.8, 4) is 0 Å². The first-order valence-electron chi connectivity index (χ1n) is 9.29. The Labute approximate surface area is 161 Å². The van der Waals surface area contributed by atoms with Gasteiger partial charge in [0.15, 0.2) is 0 Å². The summed E-state index contributed by atoms with van der Waals surface area (Å²) in [6.07, 6.45) is 3.09. The summed E-state index contributed by atoms with van der Waals surface area (Å²) in [5.74, 6) is -0.0930. The maximum absolute atomic E-state index is 12.9. The van der Waals surface area contributed by atoms with E-state index < -0.39 is 10.2 Å². The highest BCUT2D eigenvalue weighted by Crippen LogP contribution is 2.19. The number of nitrogens with zero attached hydrogens (tertiary/aromatic N) is 3. The van der Waals surface area contributed by atoms with Crippen LogP contribution in [0.5, 0.6) is 0 Å². The first-order chi connectivity index (χ1) is 12.9. The molecule has 1 amide bonds. The van der Waals surface area contributed by atoms with Crippen LogP contribution in [0.3, 0.4) is 0 Å². The third-order valence-electron chi connectivity index (χ3n) is 4.81. The fraction of sp³-hybridized carbons (Fsp3) is 0.526. The summed E-state index contributed by atoms with van der Waals surface area (Å²) in [5.41, 5.74) is 0.961. The van der Waals surface area contributed by atoms with Crippen LogP contribution in [-0.4, -0.2) is 79.3 Å². The molecule has 0 aromatic heterocycles. The third kappa shape index (κ3) is 4.95. The lowest BCUT2D eigenvalue weighted by Crippen LogP contribution is -2.57. The largest absolute Gasteiger partial charge is 0.373 e. The maximum atomic E-state index is 12.9. The summed E-state index contributed by atoms with van der Waals surface area (Å²) < 4.78 is 34.4. The summed E-state index contributed by atoms with van der Waals surface area (Å²) in [6, 6.07) is 9.62. The van der Waals surface area contributed by atoms with Gasteiger partial charge < -0.3 is 9.64 Å². The monoisotopic (exact) mass is 393 g/mol. The molecule has 2 saturated heterocycles. The van der Waals surface area contributed by atoms with Gasteiger partial charge in [0.25, 0.3) is 10.2 Å². The van der Waals surface area contributed by atoms with Gasteiger partial charge in [-0.1, -0.05) is 30.3 Å². The van der Waals surface area contributed by atoms with Crippen LogP contribution >= 0.6 is 0 Å². The van der Waals surface area contributed by atoms with Crippen LogP contribution in [-0.2, 0) is 19.7 Å². The number of hydrogen-bond donors (Lipinski definition) is 0. The average Bonchev–Trinajstić information content (AvgIpc) is 2.66. The second-order valence-corrected chi connectivity index (χ2v) is 8.98. The number of carbonyl (C=O) groups is 1. The Hall–Kier alpha value is -1.74. The van der Waals surface area contributed by atoms with Crippen LogP contribution < -0.4 is 0 Å². The summed E-state index contributed by atoms with van der Waals surface area (Å²) >= 11 is 0. The lowest BCUT2D eigenvalue weighted by Gasteiger charge is -2.40. The number of ether oxygens (including phenoxy) is 1. The average molecular weight is 394 g/mol. The van der Waals surface area contributed by atoms with Crippen molar-refractivity contribution in [2.75, 3.05) is 39.3 Å². The van der Waals surface area contributed by atoms with Crippen molar-refractivity contribution >= 4 is 22.2 Å². The molecule has 2 fully saturated rings. The Kier molecular flexibility index (Phi) is 6.31. The van der Waals surface area contributed by atoms with E-state index in [1.165, 1.54) is 8.61 Å². The Balaban J connectivity index is 1.56. The zero-order valence-electron chi connectivity index (χ0n) is 15.8. The zero-order chi connectivity index (χ0) is 19.4. The van der Waals surface area contributed by atoms with E-state index >= 15 is 0 Å².